The summed E-state index contributed by atoms with van der Waals surface area (Å²) < 4.78 is 25.2. The van der Waals surface area contributed by atoms with Gasteiger partial charge >= 0.3 is 0 Å². The highest BCUT2D eigenvalue weighted by molar-refractivity contribution is 7.90. The molecule has 0 unspecified atom stereocenters. The van der Waals surface area contributed by atoms with E-state index < -0.39 is 10.0 Å². The third kappa shape index (κ3) is 3.96. The molecular formula is C11H20N2O3S. The smallest absolute Gasteiger partial charge is 0.237 e. The molecule has 0 aromatic carbocycles. The summed E-state index contributed by atoms with van der Waals surface area (Å²) in [5, 5.41) is 2.95. The Morgan fingerprint density at radius 3 is 2.41 bits per heavy atom. The quantitative estimate of drug-likeness (QED) is 0.749. The lowest BCUT2D eigenvalue weighted by Crippen LogP contribution is -2.34. The summed E-state index contributed by atoms with van der Waals surface area (Å²) in [4.78, 5) is 11.5. The molecule has 1 saturated carbocycles. The van der Waals surface area contributed by atoms with Crippen LogP contribution in [-0.2, 0) is 14.8 Å². The summed E-state index contributed by atoms with van der Waals surface area (Å²) in [6.07, 6.45) is 4.68. The number of sulfonamides is 1. The minimum Gasteiger partial charge on any atom is -0.317 e. The van der Waals surface area contributed by atoms with Gasteiger partial charge in [0.15, 0.2) is 0 Å². The third-order valence-electron chi connectivity index (χ3n) is 3.46. The van der Waals surface area contributed by atoms with Crippen LogP contribution < -0.4 is 10.0 Å². The summed E-state index contributed by atoms with van der Waals surface area (Å²) in [6.45, 7) is 2.01. The van der Waals surface area contributed by atoms with E-state index in [2.05, 4.69) is 10.0 Å². The van der Waals surface area contributed by atoms with Crippen LogP contribution in [0.25, 0.3) is 0 Å². The average molecular weight is 260 g/mol. The van der Waals surface area contributed by atoms with Crippen molar-refractivity contribution in [2.75, 3.05) is 13.1 Å². The van der Waals surface area contributed by atoms with Crippen LogP contribution in [0.2, 0.25) is 0 Å². The molecule has 1 aliphatic heterocycles. The lowest BCUT2D eigenvalue weighted by molar-refractivity contribution is -0.119. The Hall–Kier alpha value is -0.620. The predicted molar refractivity (Wildman–Crippen MR) is 64.9 cm³/mol. The molecule has 0 aromatic rings. The maximum atomic E-state index is 11.5. The van der Waals surface area contributed by atoms with Gasteiger partial charge in [-0.2, -0.15) is 0 Å². The number of hydrogen-bond donors (Lipinski definition) is 2. The molecule has 17 heavy (non-hydrogen) atoms. The van der Waals surface area contributed by atoms with E-state index in [4.69, 9.17) is 0 Å². The van der Waals surface area contributed by atoms with Crippen molar-refractivity contribution in [2.45, 2.75) is 43.8 Å². The summed E-state index contributed by atoms with van der Waals surface area (Å²) in [7, 11) is -3.35. The van der Waals surface area contributed by atoms with Gasteiger partial charge in [0.2, 0.25) is 15.9 Å². The monoisotopic (exact) mass is 260 g/mol. The van der Waals surface area contributed by atoms with E-state index in [0.29, 0.717) is 25.2 Å². The zero-order valence-corrected chi connectivity index (χ0v) is 10.8. The Bertz CT molecular complexity index is 370. The van der Waals surface area contributed by atoms with Gasteiger partial charge in [0.05, 0.1) is 5.25 Å². The first-order valence-electron chi connectivity index (χ1n) is 6.33. The molecule has 0 bridgehead atoms. The molecule has 2 N–H and O–H groups in total. The number of hydrogen-bond acceptors (Lipinski definition) is 4. The standard InChI is InChI=1S/C11H20N2O3S/c14-11(13-17(15,16)10-2-3-10)4-1-9-5-7-12-8-6-9/h9-10,12H,1-8H2,(H,13,14). The van der Waals surface area contributed by atoms with Crippen molar-refractivity contribution in [1.29, 1.82) is 0 Å². The summed E-state index contributed by atoms with van der Waals surface area (Å²) >= 11 is 0. The molecule has 0 atom stereocenters. The van der Waals surface area contributed by atoms with Crippen LogP contribution in [0.1, 0.15) is 38.5 Å². The lowest BCUT2D eigenvalue weighted by Gasteiger charge is -2.22. The number of piperidine rings is 1. The van der Waals surface area contributed by atoms with E-state index in [-0.39, 0.29) is 11.2 Å². The van der Waals surface area contributed by atoms with Gasteiger partial charge < -0.3 is 5.32 Å². The van der Waals surface area contributed by atoms with Gasteiger partial charge in [-0.25, -0.2) is 8.42 Å². The normalized spacial score (nSPS) is 22.4. The Kier molecular flexibility index (Phi) is 4.04. The Morgan fingerprint density at radius 2 is 1.82 bits per heavy atom. The minimum absolute atomic E-state index is 0.315. The van der Waals surface area contributed by atoms with E-state index in [0.717, 1.165) is 32.4 Å². The summed E-state index contributed by atoms with van der Waals surface area (Å²) in [5.41, 5.74) is 0. The zero-order valence-electron chi connectivity index (χ0n) is 9.94. The van der Waals surface area contributed by atoms with Gasteiger partial charge in [-0.15, -0.1) is 0 Å². The van der Waals surface area contributed by atoms with Crippen molar-refractivity contribution in [1.82, 2.24) is 10.0 Å². The number of rotatable bonds is 5. The maximum absolute atomic E-state index is 11.5. The van der Waals surface area contributed by atoms with Gasteiger partial charge in [0, 0.05) is 6.42 Å². The van der Waals surface area contributed by atoms with E-state index in [9.17, 15) is 13.2 Å². The average Bonchev–Trinajstić information content (AvgIpc) is 3.11. The van der Waals surface area contributed by atoms with Crippen molar-refractivity contribution in [2.24, 2.45) is 5.92 Å². The largest absolute Gasteiger partial charge is 0.317 e. The molecule has 1 heterocycles. The first-order valence-corrected chi connectivity index (χ1v) is 7.88. The van der Waals surface area contributed by atoms with E-state index in [1.54, 1.807) is 0 Å². The van der Waals surface area contributed by atoms with Crippen molar-refractivity contribution in [3.05, 3.63) is 0 Å². The number of nitrogens with one attached hydrogen (secondary N) is 2. The van der Waals surface area contributed by atoms with E-state index in [1.165, 1.54) is 0 Å². The van der Waals surface area contributed by atoms with Crippen molar-refractivity contribution >= 4 is 15.9 Å². The molecular weight excluding hydrogens is 240 g/mol. The molecule has 6 heteroatoms. The van der Waals surface area contributed by atoms with Crippen LogP contribution >= 0.6 is 0 Å². The van der Waals surface area contributed by atoms with Gasteiger partial charge in [0.25, 0.3) is 0 Å². The van der Waals surface area contributed by atoms with Crippen molar-refractivity contribution in [3.8, 4) is 0 Å². The molecule has 0 aromatic heterocycles. The summed E-state index contributed by atoms with van der Waals surface area (Å²) in [5.74, 6) is 0.223. The fourth-order valence-corrected chi connectivity index (χ4v) is 3.52. The molecule has 2 aliphatic rings. The zero-order chi connectivity index (χ0) is 12.3. The SMILES string of the molecule is O=C(CCC1CCNCC1)NS(=O)(=O)C1CC1. The Balaban J connectivity index is 1.70. The topological polar surface area (TPSA) is 75.3 Å². The molecule has 0 radical (unpaired) electrons. The van der Waals surface area contributed by atoms with Crippen molar-refractivity contribution in [3.63, 3.8) is 0 Å². The van der Waals surface area contributed by atoms with Crippen LogP contribution in [0.4, 0.5) is 0 Å². The van der Waals surface area contributed by atoms with E-state index >= 15 is 0 Å². The molecule has 5 nitrogen and oxygen atoms in total. The van der Waals surface area contributed by atoms with Gasteiger partial charge in [-0.1, -0.05) is 0 Å². The molecule has 2 rings (SSSR count). The molecule has 98 valence electrons. The molecule has 1 saturated heterocycles. The van der Waals surface area contributed by atoms with Crippen LogP contribution in [0.15, 0.2) is 0 Å². The van der Waals surface area contributed by atoms with Crippen LogP contribution in [-0.4, -0.2) is 32.7 Å². The number of carbonyl (C=O) groups excluding carboxylic acids is 1. The third-order valence-corrected chi connectivity index (χ3v) is 5.32. The first-order chi connectivity index (χ1) is 8.08. The maximum Gasteiger partial charge on any atom is 0.237 e. The Labute approximate surface area is 102 Å². The Morgan fingerprint density at radius 1 is 1.18 bits per heavy atom. The second-order valence-corrected chi connectivity index (χ2v) is 6.96. The van der Waals surface area contributed by atoms with Crippen LogP contribution in [0, 0.1) is 5.92 Å². The lowest BCUT2D eigenvalue weighted by atomic mass is 9.93. The summed E-state index contributed by atoms with van der Waals surface area (Å²) in [6, 6.07) is 0. The predicted octanol–water partition coefficient (Wildman–Crippen LogP) is 0.375. The van der Waals surface area contributed by atoms with Crippen LogP contribution in [0.5, 0.6) is 0 Å². The second kappa shape index (κ2) is 5.35. The molecule has 2 fully saturated rings. The highest BCUT2D eigenvalue weighted by Crippen LogP contribution is 2.27. The van der Waals surface area contributed by atoms with Gasteiger partial charge in [-0.3, -0.25) is 9.52 Å². The molecule has 0 spiro atoms. The number of amides is 1. The second-order valence-electron chi connectivity index (χ2n) is 5.00. The van der Waals surface area contributed by atoms with Crippen molar-refractivity contribution < 1.29 is 13.2 Å². The van der Waals surface area contributed by atoms with Crippen LogP contribution in [0.3, 0.4) is 0 Å². The first kappa shape index (κ1) is 12.8. The molecule has 1 aliphatic carbocycles. The minimum atomic E-state index is -3.35. The fourth-order valence-electron chi connectivity index (χ4n) is 2.18. The fraction of sp³-hybridized carbons (Fsp3) is 0.909. The van der Waals surface area contributed by atoms with E-state index in [1.807, 2.05) is 0 Å². The molecule has 1 amide bonds. The number of carbonyl (C=O) groups is 1. The van der Waals surface area contributed by atoms with Gasteiger partial charge in [0.1, 0.15) is 0 Å². The highest BCUT2D eigenvalue weighted by Gasteiger charge is 2.36. The highest BCUT2D eigenvalue weighted by atomic mass is 32.2. The van der Waals surface area contributed by atoms with Gasteiger partial charge in [-0.05, 0) is 51.1 Å².